The minimum atomic E-state index is -3.21. The van der Waals surface area contributed by atoms with Gasteiger partial charge >= 0.3 is 0 Å². The number of amides is 1. The van der Waals surface area contributed by atoms with Gasteiger partial charge in [-0.3, -0.25) is 4.79 Å². The van der Waals surface area contributed by atoms with E-state index in [2.05, 4.69) is 0 Å². The zero-order valence-electron chi connectivity index (χ0n) is 14.7. The van der Waals surface area contributed by atoms with Gasteiger partial charge in [-0.15, -0.1) is 0 Å². The molecule has 7 heteroatoms. The van der Waals surface area contributed by atoms with Crippen LogP contribution in [0.1, 0.15) is 15.9 Å². The van der Waals surface area contributed by atoms with E-state index in [-0.39, 0.29) is 5.91 Å². The number of ether oxygens (including phenoxy) is 1. The second-order valence-corrected chi connectivity index (χ2v) is 8.20. The average molecular weight is 374 g/mol. The van der Waals surface area contributed by atoms with Gasteiger partial charge in [-0.2, -0.15) is 4.31 Å². The third-order valence-electron chi connectivity index (χ3n) is 4.38. The molecule has 26 heavy (non-hydrogen) atoms. The van der Waals surface area contributed by atoms with Gasteiger partial charge in [0.1, 0.15) is 12.4 Å². The Hall–Kier alpha value is -2.38. The minimum absolute atomic E-state index is 0.0922. The first-order valence-corrected chi connectivity index (χ1v) is 10.3. The van der Waals surface area contributed by atoms with E-state index in [1.807, 2.05) is 48.5 Å². The monoisotopic (exact) mass is 374 g/mol. The van der Waals surface area contributed by atoms with Crippen LogP contribution in [0.5, 0.6) is 5.75 Å². The van der Waals surface area contributed by atoms with Crippen molar-refractivity contribution in [3.05, 3.63) is 65.7 Å². The summed E-state index contributed by atoms with van der Waals surface area (Å²) in [5, 5.41) is 0. The van der Waals surface area contributed by atoms with Crippen molar-refractivity contribution in [1.82, 2.24) is 9.21 Å². The van der Waals surface area contributed by atoms with Gasteiger partial charge in [-0.25, -0.2) is 8.42 Å². The summed E-state index contributed by atoms with van der Waals surface area (Å²) in [6, 6.07) is 16.8. The molecule has 0 N–H and O–H groups in total. The SMILES string of the molecule is CS(=O)(=O)N1CCN(C(=O)c2ccccc2COc2ccccc2)CC1. The zero-order valence-corrected chi connectivity index (χ0v) is 15.5. The molecular formula is C19H22N2O4S. The van der Waals surface area contributed by atoms with Crippen LogP contribution in [0.25, 0.3) is 0 Å². The Bertz CT molecular complexity index is 860. The highest BCUT2D eigenvalue weighted by molar-refractivity contribution is 7.88. The molecule has 0 aliphatic carbocycles. The quantitative estimate of drug-likeness (QED) is 0.803. The van der Waals surface area contributed by atoms with E-state index in [1.54, 1.807) is 11.0 Å². The largest absolute Gasteiger partial charge is 0.489 e. The standard InChI is InChI=1S/C19H22N2O4S/c1-26(23,24)21-13-11-20(12-14-21)19(22)18-10-6-5-7-16(18)15-25-17-8-3-2-4-9-17/h2-10H,11-15H2,1H3. The molecule has 2 aromatic carbocycles. The first-order valence-electron chi connectivity index (χ1n) is 8.45. The molecule has 0 saturated carbocycles. The summed E-state index contributed by atoms with van der Waals surface area (Å²) in [5.74, 6) is 0.655. The van der Waals surface area contributed by atoms with E-state index >= 15 is 0 Å². The number of hydrogen-bond donors (Lipinski definition) is 0. The molecule has 2 aromatic rings. The number of sulfonamides is 1. The third-order valence-corrected chi connectivity index (χ3v) is 5.68. The zero-order chi connectivity index (χ0) is 18.6. The van der Waals surface area contributed by atoms with Crippen LogP contribution in [-0.2, 0) is 16.6 Å². The van der Waals surface area contributed by atoms with Gasteiger partial charge in [-0.1, -0.05) is 36.4 Å². The molecule has 3 rings (SSSR count). The highest BCUT2D eigenvalue weighted by Crippen LogP contribution is 2.17. The van der Waals surface area contributed by atoms with E-state index in [0.717, 1.165) is 11.3 Å². The van der Waals surface area contributed by atoms with E-state index in [0.29, 0.717) is 38.3 Å². The topological polar surface area (TPSA) is 66.9 Å². The lowest BCUT2D eigenvalue weighted by atomic mass is 10.1. The van der Waals surface area contributed by atoms with Gasteiger partial charge < -0.3 is 9.64 Å². The maximum absolute atomic E-state index is 12.9. The molecule has 0 bridgehead atoms. The number of carbonyl (C=O) groups excluding carboxylic acids is 1. The van der Waals surface area contributed by atoms with Crippen LogP contribution in [0, 0.1) is 0 Å². The first kappa shape index (κ1) is 18.4. The predicted octanol–water partition coefficient (Wildman–Crippen LogP) is 1.98. The van der Waals surface area contributed by atoms with Crippen LogP contribution in [0.4, 0.5) is 0 Å². The molecule has 0 radical (unpaired) electrons. The predicted molar refractivity (Wildman–Crippen MR) is 99.5 cm³/mol. The Morgan fingerprint density at radius 1 is 0.962 bits per heavy atom. The number of rotatable bonds is 5. The maximum atomic E-state index is 12.9. The lowest BCUT2D eigenvalue weighted by Gasteiger charge is -2.33. The summed E-state index contributed by atoms with van der Waals surface area (Å²) in [6.45, 7) is 1.73. The number of para-hydroxylation sites is 1. The molecular weight excluding hydrogens is 352 g/mol. The van der Waals surface area contributed by atoms with E-state index < -0.39 is 10.0 Å². The van der Waals surface area contributed by atoms with Gasteiger partial charge in [-0.05, 0) is 18.2 Å². The van der Waals surface area contributed by atoms with Crippen molar-refractivity contribution in [3.63, 3.8) is 0 Å². The highest BCUT2D eigenvalue weighted by atomic mass is 32.2. The number of carbonyl (C=O) groups is 1. The summed E-state index contributed by atoms with van der Waals surface area (Å²) in [6.07, 6.45) is 1.20. The Labute approximate surface area is 154 Å². The van der Waals surface area contributed by atoms with Crippen LogP contribution in [-0.4, -0.2) is 56.0 Å². The number of hydrogen-bond acceptors (Lipinski definition) is 4. The Morgan fingerprint density at radius 2 is 1.58 bits per heavy atom. The van der Waals surface area contributed by atoms with Crippen molar-refractivity contribution < 1.29 is 17.9 Å². The Morgan fingerprint density at radius 3 is 2.23 bits per heavy atom. The number of nitrogens with zero attached hydrogens (tertiary/aromatic N) is 2. The van der Waals surface area contributed by atoms with E-state index in [1.165, 1.54) is 10.6 Å². The van der Waals surface area contributed by atoms with Crippen LogP contribution in [0.3, 0.4) is 0 Å². The molecule has 0 aromatic heterocycles. The molecule has 1 heterocycles. The van der Waals surface area contributed by atoms with Crippen LogP contribution in [0.2, 0.25) is 0 Å². The minimum Gasteiger partial charge on any atom is -0.489 e. The molecule has 6 nitrogen and oxygen atoms in total. The summed E-state index contributed by atoms with van der Waals surface area (Å²) < 4.78 is 30.4. The van der Waals surface area contributed by atoms with Crippen molar-refractivity contribution in [1.29, 1.82) is 0 Å². The van der Waals surface area contributed by atoms with Crippen molar-refractivity contribution >= 4 is 15.9 Å². The first-order chi connectivity index (χ1) is 12.4. The summed E-state index contributed by atoms with van der Waals surface area (Å²) in [7, 11) is -3.21. The maximum Gasteiger partial charge on any atom is 0.254 e. The average Bonchev–Trinajstić information content (AvgIpc) is 2.66. The fraction of sp³-hybridized carbons (Fsp3) is 0.316. The molecule has 1 saturated heterocycles. The molecule has 0 spiro atoms. The second-order valence-electron chi connectivity index (χ2n) is 6.21. The normalized spacial score (nSPS) is 15.7. The van der Waals surface area contributed by atoms with Crippen molar-refractivity contribution in [2.45, 2.75) is 6.61 Å². The second kappa shape index (κ2) is 7.88. The van der Waals surface area contributed by atoms with Crippen molar-refractivity contribution in [2.24, 2.45) is 0 Å². The lowest BCUT2D eigenvalue weighted by molar-refractivity contribution is 0.0695. The van der Waals surface area contributed by atoms with Crippen LogP contribution in [0.15, 0.2) is 54.6 Å². The van der Waals surface area contributed by atoms with Crippen LogP contribution < -0.4 is 4.74 Å². The Balaban J connectivity index is 1.68. The van der Waals surface area contributed by atoms with Crippen molar-refractivity contribution in [2.75, 3.05) is 32.4 Å². The van der Waals surface area contributed by atoms with Gasteiger partial charge in [0.15, 0.2) is 0 Å². The Kier molecular flexibility index (Phi) is 5.58. The lowest BCUT2D eigenvalue weighted by Crippen LogP contribution is -2.50. The van der Waals surface area contributed by atoms with E-state index in [4.69, 9.17) is 4.74 Å². The molecule has 1 amide bonds. The third kappa shape index (κ3) is 4.42. The molecule has 1 aliphatic rings. The summed E-state index contributed by atoms with van der Waals surface area (Å²) >= 11 is 0. The van der Waals surface area contributed by atoms with Gasteiger partial charge in [0, 0.05) is 37.3 Å². The number of piperazine rings is 1. The van der Waals surface area contributed by atoms with Gasteiger partial charge in [0.25, 0.3) is 5.91 Å². The summed E-state index contributed by atoms with van der Waals surface area (Å²) in [4.78, 5) is 14.6. The fourth-order valence-electron chi connectivity index (χ4n) is 2.93. The van der Waals surface area contributed by atoms with Crippen molar-refractivity contribution in [3.8, 4) is 5.75 Å². The fourth-order valence-corrected chi connectivity index (χ4v) is 3.75. The molecule has 1 aliphatic heterocycles. The number of benzene rings is 2. The molecule has 138 valence electrons. The van der Waals surface area contributed by atoms with Gasteiger partial charge in [0.05, 0.1) is 6.26 Å². The highest BCUT2D eigenvalue weighted by Gasteiger charge is 2.27. The molecule has 0 atom stereocenters. The summed E-state index contributed by atoms with van der Waals surface area (Å²) in [5.41, 5.74) is 1.41. The van der Waals surface area contributed by atoms with Gasteiger partial charge in [0.2, 0.25) is 10.0 Å². The smallest absolute Gasteiger partial charge is 0.254 e. The molecule has 1 fully saturated rings. The van der Waals surface area contributed by atoms with Crippen LogP contribution >= 0.6 is 0 Å². The van der Waals surface area contributed by atoms with E-state index in [9.17, 15) is 13.2 Å². The molecule has 0 unspecified atom stereocenters.